The Hall–Kier alpha value is -2.45. The summed E-state index contributed by atoms with van der Waals surface area (Å²) < 4.78 is 5.09. The Labute approximate surface area is 155 Å². The van der Waals surface area contributed by atoms with Crippen LogP contribution in [0.4, 0.5) is 11.4 Å². The first-order chi connectivity index (χ1) is 12.5. The van der Waals surface area contributed by atoms with E-state index in [1.165, 1.54) is 29.0 Å². The molecule has 1 aromatic heterocycles. The van der Waals surface area contributed by atoms with Crippen molar-refractivity contribution in [2.75, 3.05) is 25.5 Å². The van der Waals surface area contributed by atoms with Crippen LogP contribution in [0.25, 0.3) is 0 Å². The van der Waals surface area contributed by atoms with Gasteiger partial charge in [-0.25, -0.2) is 0 Å². The molecule has 7 nitrogen and oxygen atoms in total. The molecule has 1 aliphatic heterocycles. The first-order valence-electron chi connectivity index (χ1n) is 8.50. The third-order valence-electron chi connectivity index (χ3n) is 4.75. The van der Waals surface area contributed by atoms with Crippen LogP contribution < -0.4 is 15.0 Å². The number of hydrogen-bond donors (Lipinski definition) is 2. The number of aryl methyl sites for hydroxylation is 1. The van der Waals surface area contributed by atoms with Crippen LogP contribution in [0.5, 0.6) is 5.75 Å². The summed E-state index contributed by atoms with van der Waals surface area (Å²) in [5.74, 6) is 0.0448. The number of ether oxygens (including phenoxy) is 1. The summed E-state index contributed by atoms with van der Waals surface area (Å²) in [7, 11) is 1.38. The predicted molar refractivity (Wildman–Crippen MR) is 100 cm³/mol. The number of hydrogen-bond acceptors (Lipinski definition) is 5. The molecule has 0 bridgehead atoms. The summed E-state index contributed by atoms with van der Waals surface area (Å²) in [5, 5.41) is 16.0. The van der Waals surface area contributed by atoms with Crippen molar-refractivity contribution < 1.29 is 19.4 Å². The molecule has 0 radical (unpaired) electrons. The van der Waals surface area contributed by atoms with E-state index >= 15 is 0 Å². The lowest BCUT2D eigenvalue weighted by atomic mass is 10.1. The van der Waals surface area contributed by atoms with E-state index in [2.05, 4.69) is 16.8 Å². The first kappa shape index (κ1) is 18.3. The Bertz CT molecular complexity index is 807. The molecule has 138 valence electrons. The number of carbonyl (C=O) groups is 1. The number of quaternary nitrogens is 1. The fourth-order valence-electron chi connectivity index (χ4n) is 3.47. The predicted octanol–water partition coefficient (Wildman–Crippen LogP) is 2.33. The molecule has 2 heterocycles. The molecule has 1 saturated heterocycles. The van der Waals surface area contributed by atoms with Gasteiger partial charge in [0.2, 0.25) is 0 Å². The van der Waals surface area contributed by atoms with Crippen molar-refractivity contribution in [2.24, 2.45) is 0 Å². The number of amides is 1. The summed E-state index contributed by atoms with van der Waals surface area (Å²) in [5.41, 5.74) is 1.08. The van der Waals surface area contributed by atoms with Crippen LogP contribution in [0.1, 0.15) is 29.3 Å². The van der Waals surface area contributed by atoms with E-state index in [0.29, 0.717) is 23.8 Å². The lowest BCUT2D eigenvalue weighted by molar-refractivity contribution is -0.910. The molecule has 1 fully saturated rings. The van der Waals surface area contributed by atoms with Crippen LogP contribution in [0.3, 0.4) is 0 Å². The monoisotopic (exact) mass is 376 g/mol. The molecule has 8 heteroatoms. The summed E-state index contributed by atoms with van der Waals surface area (Å²) >= 11 is 1.73. The molecule has 1 aliphatic rings. The number of nitro groups is 1. The number of thiophene rings is 1. The van der Waals surface area contributed by atoms with Crippen LogP contribution in [0, 0.1) is 17.0 Å². The summed E-state index contributed by atoms with van der Waals surface area (Å²) in [6.07, 6.45) is 2.20. The van der Waals surface area contributed by atoms with Gasteiger partial charge in [-0.1, -0.05) is 6.07 Å². The normalized spacial score (nSPS) is 19.3. The quantitative estimate of drug-likeness (QED) is 0.598. The summed E-state index contributed by atoms with van der Waals surface area (Å²) in [6.45, 7) is 3.08. The van der Waals surface area contributed by atoms with Crippen LogP contribution in [0.15, 0.2) is 29.6 Å². The van der Waals surface area contributed by atoms with Gasteiger partial charge < -0.3 is 15.0 Å². The van der Waals surface area contributed by atoms with Crippen molar-refractivity contribution in [3.05, 3.63) is 50.2 Å². The lowest BCUT2D eigenvalue weighted by Crippen LogP contribution is -3.11. The first-order valence-corrected chi connectivity index (χ1v) is 9.38. The Balaban J connectivity index is 1.71. The van der Waals surface area contributed by atoms with Gasteiger partial charge in [-0.05, 0) is 23.9 Å². The number of anilines is 1. The molecule has 26 heavy (non-hydrogen) atoms. The van der Waals surface area contributed by atoms with Crippen LogP contribution in [0.2, 0.25) is 0 Å². The molecule has 2 N–H and O–H groups in total. The maximum atomic E-state index is 12.6. The molecule has 3 rings (SSSR count). The molecule has 2 atom stereocenters. The number of likely N-dealkylation sites (tertiary alicyclic amines) is 1. The van der Waals surface area contributed by atoms with E-state index in [0.717, 1.165) is 19.4 Å². The maximum absolute atomic E-state index is 12.6. The Kier molecular flexibility index (Phi) is 5.53. The molecule has 2 aromatic rings. The second-order valence-electron chi connectivity index (χ2n) is 6.44. The van der Waals surface area contributed by atoms with E-state index < -0.39 is 4.92 Å². The minimum absolute atomic E-state index is 0.0949. The van der Waals surface area contributed by atoms with Crippen molar-refractivity contribution >= 4 is 28.6 Å². The standard InChI is InChI=1S/C18H21N3O4S/c1-12-9-15(21(23)24)16(25-2)10-13(12)19-18(22)11-20-7-3-5-14(20)17-6-4-8-26-17/h4,6,8-10,14H,3,5,7,11H2,1-2H3,(H,19,22)/p+1/t14-/m0/s1. The second-order valence-corrected chi connectivity index (χ2v) is 7.42. The van der Waals surface area contributed by atoms with Crippen LogP contribution in [-0.4, -0.2) is 31.0 Å². The number of nitro benzene ring substituents is 1. The third-order valence-corrected chi connectivity index (χ3v) is 5.74. The number of carbonyl (C=O) groups excluding carboxylic acids is 1. The van der Waals surface area contributed by atoms with Crippen molar-refractivity contribution in [3.8, 4) is 5.75 Å². The molecule has 0 spiro atoms. The number of nitrogens with one attached hydrogen (secondary N) is 2. The van der Waals surface area contributed by atoms with Crippen molar-refractivity contribution in [1.29, 1.82) is 0 Å². The topological polar surface area (TPSA) is 85.9 Å². The van der Waals surface area contributed by atoms with Crippen molar-refractivity contribution in [3.63, 3.8) is 0 Å². The molecule has 1 amide bonds. The highest BCUT2D eigenvalue weighted by molar-refractivity contribution is 7.10. The zero-order chi connectivity index (χ0) is 18.7. The Morgan fingerprint density at radius 1 is 1.50 bits per heavy atom. The largest absolute Gasteiger partial charge is 0.490 e. The maximum Gasteiger partial charge on any atom is 0.311 e. The zero-order valence-electron chi connectivity index (χ0n) is 14.8. The fraction of sp³-hybridized carbons (Fsp3) is 0.389. The van der Waals surface area contributed by atoms with E-state index in [9.17, 15) is 14.9 Å². The average molecular weight is 376 g/mol. The van der Waals surface area contributed by atoms with E-state index in [-0.39, 0.29) is 17.3 Å². The van der Waals surface area contributed by atoms with E-state index in [1.54, 1.807) is 18.3 Å². The van der Waals surface area contributed by atoms with Gasteiger partial charge >= 0.3 is 5.69 Å². The average Bonchev–Trinajstić information content (AvgIpc) is 3.27. The molecular weight excluding hydrogens is 354 g/mol. The van der Waals surface area contributed by atoms with Gasteiger partial charge in [0, 0.05) is 30.7 Å². The van der Waals surface area contributed by atoms with Crippen molar-refractivity contribution in [1.82, 2.24) is 0 Å². The molecule has 1 aromatic carbocycles. The molecule has 0 aliphatic carbocycles. The van der Waals surface area contributed by atoms with Crippen LogP contribution >= 0.6 is 11.3 Å². The second kappa shape index (κ2) is 7.84. The lowest BCUT2D eigenvalue weighted by Gasteiger charge is -2.20. The number of nitrogens with zero attached hydrogens (tertiary/aromatic N) is 1. The minimum atomic E-state index is -0.489. The number of benzene rings is 1. The van der Waals surface area contributed by atoms with Crippen LogP contribution in [-0.2, 0) is 4.79 Å². The molecule has 0 saturated carbocycles. The zero-order valence-corrected chi connectivity index (χ0v) is 15.6. The van der Waals surface area contributed by atoms with Crippen molar-refractivity contribution in [2.45, 2.75) is 25.8 Å². The summed E-state index contributed by atoms with van der Waals surface area (Å²) in [6, 6.07) is 7.48. The summed E-state index contributed by atoms with van der Waals surface area (Å²) in [4.78, 5) is 25.7. The highest BCUT2D eigenvalue weighted by atomic mass is 32.1. The van der Waals surface area contributed by atoms with Gasteiger partial charge in [0.05, 0.1) is 23.5 Å². The molecular formula is C18H22N3O4S+. The number of rotatable bonds is 6. The van der Waals surface area contributed by atoms with Gasteiger partial charge in [0.15, 0.2) is 12.3 Å². The smallest absolute Gasteiger partial charge is 0.311 e. The van der Waals surface area contributed by atoms with Gasteiger partial charge in [-0.2, -0.15) is 0 Å². The molecule has 1 unspecified atom stereocenters. The fourth-order valence-corrected chi connectivity index (χ4v) is 4.39. The number of methoxy groups -OCH3 is 1. The highest BCUT2D eigenvalue weighted by Gasteiger charge is 2.32. The van der Waals surface area contributed by atoms with E-state index in [1.807, 2.05) is 6.07 Å². The third kappa shape index (κ3) is 3.86. The van der Waals surface area contributed by atoms with Gasteiger partial charge in [0.1, 0.15) is 6.04 Å². The minimum Gasteiger partial charge on any atom is -0.490 e. The SMILES string of the molecule is COc1cc(NC(=O)C[NH+]2CCC[C@H]2c2cccs2)c(C)cc1[N+](=O)[O-]. The Morgan fingerprint density at radius 3 is 2.96 bits per heavy atom. The Morgan fingerprint density at radius 2 is 2.31 bits per heavy atom. The van der Waals surface area contributed by atoms with Gasteiger partial charge in [0.25, 0.3) is 5.91 Å². The van der Waals surface area contributed by atoms with Gasteiger partial charge in [-0.15, -0.1) is 11.3 Å². The highest BCUT2D eigenvalue weighted by Crippen LogP contribution is 2.32. The van der Waals surface area contributed by atoms with Gasteiger partial charge in [-0.3, -0.25) is 14.9 Å². The van der Waals surface area contributed by atoms with E-state index in [4.69, 9.17) is 4.74 Å².